The molecule has 0 saturated heterocycles. The number of rotatable bonds is 5. The van der Waals surface area contributed by atoms with Gasteiger partial charge < -0.3 is 9.97 Å². The minimum absolute atomic E-state index is 0.173. The molecule has 0 atom stereocenters. The van der Waals surface area contributed by atoms with Crippen molar-refractivity contribution >= 4 is 38.8 Å². The first kappa shape index (κ1) is 13.9. The van der Waals surface area contributed by atoms with Crippen LogP contribution in [0.15, 0.2) is 21.8 Å². The summed E-state index contributed by atoms with van der Waals surface area (Å²) in [7, 11) is -3.51. The summed E-state index contributed by atoms with van der Waals surface area (Å²) in [5.74, 6) is 0. The Kier molecular flexibility index (Phi) is 3.82. The predicted octanol–water partition coefficient (Wildman–Crippen LogP) is 0.656. The van der Waals surface area contributed by atoms with Crippen LogP contribution in [0.5, 0.6) is 0 Å². The van der Waals surface area contributed by atoms with Gasteiger partial charge in [-0.3, -0.25) is 4.72 Å². The van der Waals surface area contributed by atoms with Crippen LogP contribution in [0.2, 0.25) is 0 Å². The van der Waals surface area contributed by atoms with Crippen molar-refractivity contribution in [3.05, 3.63) is 22.6 Å². The smallest absolute Gasteiger partial charge is 0.306 e. The Bertz CT molecular complexity index is 749. The highest BCUT2D eigenvalue weighted by Crippen LogP contribution is 2.31. The lowest BCUT2D eigenvalue weighted by atomic mass is 10.3. The lowest BCUT2D eigenvalue weighted by molar-refractivity contribution is -0.432. The zero-order valence-electron chi connectivity index (χ0n) is 9.46. The maximum absolute atomic E-state index is 11.2. The second-order valence-electron chi connectivity index (χ2n) is 3.57. The second kappa shape index (κ2) is 5.22. The van der Waals surface area contributed by atoms with Gasteiger partial charge in [0, 0.05) is 0 Å². The molecule has 0 fully saturated rings. The van der Waals surface area contributed by atoms with Crippen LogP contribution >= 0.6 is 12.0 Å². The van der Waals surface area contributed by atoms with Crippen LogP contribution in [-0.2, 0) is 19.4 Å². The fourth-order valence-corrected chi connectivity index (χ4v) is 2.57. The fourth-order valence-electron chi connectivity index (χ4n) is 1.46. The van der Waals surface area contributed by atoms with E-state index in [0.29, 0.717) is 28.0 Å². The van der Waals surface area contributed by atoms with Gasteiger partial charge in [0.1, 0.15) is 0 Å². The van der Waals surface area contributed by atoms with Crippen molar-refractivity contribution in [2.45, 2.75) is 4.90 Å². The predicted molar refractivity (Wildman–Crippen MR) is 68.0 cm³/mol. The van der Waals surface area contributed by atoms with Crippen molar-refractivity contribution in [3.8, 4) is 0 Å². The summed E-state index contributed by atoms with van der Waals surface area (Å²) in [6, 6.07) is 2.88. The van der Waals surface area contributed by atoms with Crippen molar-refractivity contribution in [2.75, 3.05) is 11.0 Å². The quantitative estimate of drug-likeness (QED) is 0.362. The molecule has 104 valence electrons. The maximum Gasteiger partial charge on any atom is 0.323 e. The minimum Gasteiger partial charge on any atom is -0.306 e. The van der Waals surface area contributed by atoms with Gasteiger partial charge in [-0.2, -0.15) is 0 Å². The molecule has 11 heteroatoms. The highest BCUT2D eigenvalue weighted by atomic mass is 32.2. The van der Waals surface area contributed by atoms with Gasteiger partial charge in [-0.25, -0.2) is 18.5 Å². The maximum atomic E-state index is 11.2. The Balaban J connectivity index is 2.52. The van der Waals surface area contributed by atoms with E-state index < -0.39 is 15.7 Å². The monoisotopic (exact) mass is 307 g/mol. The van der Waals surface area contributed by atoms with Crippen LogP contribution in [0.3, 0.4) is 0 Å². The van der Waals surface area contributed by atoms with Gasteiger partial charge in [-0.15, -0.1) is 4.33 Å². The summed E-state index contributed by atoms with van der Waals surface area (Å²) in [5.41, 5.74) is 0.618. The minimum atomic E-state index is -3.51. The third kappa shape index (κ3) is 3.48. The van der Waals surface area contributed by atoms with Gasteiger partial charge >= 0.3 is 5.69 Å². The lowest BCUT2D eigenvalue weighted by Gasteiger charge is -2.08. The number of aromatic nitrogens is 2. The average molecular weight is 307 g/mol. The van der Waals surface area contributed by atoms with Crippen molar-refractivity contribution < 1.29 is 23.0 Å². The topological polar surface area (TPSA) is 134 Å². The Morgan fingerprint density at radius 1 is 1.32 bits per heavy atom. The Morgan fingerprint density at radius 3 is 2.53 bits per heavy atom. The molecular formula is C8H9N3O6S2. The molecule has 0 amide bonds. The van der Waals surface area contributed by atoms with E-state index in [-0.39, 0.29) is 5.69 Å². The van der Waals surface area contributed by atoms with E-state index in [9.17, 15) is 13.2 Å². The van der Waals surface area contributed by atoms with Gasteiger partial charge in [0.05, 0.1) is 39.9 Å². The van der Waals surface area contributed by atoms with E-state index in [1.807, 2.05) is 0 Å². The lowest BCUT2D eigenvalue weighted by Crippen LogP contribution is -2.10. The Labute approximate surface area is 111 Å². The number of fused-ring (bicyclic) bond motifs is 1. The highest BCUT2D eigenvalue weighted by molar-refractivity contribution is 7.95. The van der Waals surface area contributed by atoms with Crippen LogP contribution in [0.25, 0.3) is 11.0 Å². The zero-order chi connectivity index (χ0) is 14.0. The third-order valence-electron chi connectivity index (χ3n) is 2.07. The number of H-pyrrole nitrogens is 2. The standard InChI is InChI=1S/C8H9N3O6S2/c1-19(14,15)11-6-2-4-5(10-8(12)9-4)3-7(6)18-17-16-13/h2-3,11,13H,1H3,(H2,9,10,12). The summed E-state index contributed by atoms with van der Waals surface area (Å²) >= 11 is 0.577. The molecule has 1 aromatic carbocycles. The number of anilines is 1. The van der Waals surface area contributed by atoms with E-state index in [4.69, 9.17) is 5.26 Å². The van der Waals surface area contributed by atoms with Crippen molar-refractivity contribution in [1.29, 1.82) is 0 Å². The summed E-state index contributed by atoms with van der Waals surface area (Å²) in [4.78, 5) is 16.4. The van der Waals surface area contributed by atoms with E-state index >= 15 is 0 Å². The summed E-state index contributed by atoms with van der Waals surface area (Å²) in [6.45, 7) is 0. The Hall–Kier alpha value is -1.53. The first-order valence-electron chi connectivity index (χ1n) is 4.77. The van der Waals surface area contributed by atoms with Crippen LogP contribution in [-0.4, -0.2) is 29.9 Å². The van der Waals surface area contributed by atoms with Crippen LogP contribution in [0, 0.1) is 0 Å². The SMILES string of the molecule is CS(=O)(=O)Nc1cc2[nH]c(=O)[nH]c2cc1SOOO. The van der Waals surface area contributed by atoms with Gasteiger partial charge in [-0.05, 0) is 12.1 Å². The molecule has 0 aliphatic carbocycles. The molecule has 0 bridgehead atoms. The van der Waals surface area contributed by atoms with E-state index in [0.717, 1.165) is 6.26 Å². The van der Waals surface area contributed by atoms with Crippen molar-refractivity contribution in [2.24, 2.45) is 0 Å². The average Bonchev–Trinajstić information content (AvgIpc) is 2.63. The number of imidazole rings is 1. The first-order valence-corrected chi connectivity index (χ1v) is 7.41. The number of benzene rings is 1. The van der Waals surface area contributed by atoms with Gasteiger partial charge in [-0.1, -0.05) is 5.04 Å². The number of sulfonamides is 1. The molecule has 19 heavy (non-hydrogen) atoms. The fraction of sp³-hybridized carbons (Fsp3) is 0.125. The van der Waals surface area contributed by atoms with E-state index in [1.165, 1.54) is 12.1 Å². The van der Waals surface area contributed by atoms with E-state index in [2.05, 4.69) is 24.1 Å². The Morgan fingerprint density at radius 2 is 1.95 bits per heavy atom. The normalized spacial score (nSPS) is 11.9. The molecular weight excluding hydrogens is 298 g/mol. The molecule has 0 saturated carbocycles. The molecule has 9 nitrogen and oxygen atoms in total. The first-order chi connectivity index (χ1) is 8.89. The molecule has 0 radical (unpaired) electrons. The molecule has 4 N–H and O–H groups in total. The summed E-state index contributed by atoms with van der Waals surface area (Å²) < 4.78 is 29.0. The molecule has 0 unspecified atom stereocenters. The number of hydrogen-bond donors (Lipinski definition) is 4. The van der Waals surface area contributed by atoms with Gasteiger partial charge in [0.15, 0.2) is 0 Å². The summed E-state index contributed by atoms with van der Waals surface area (Å²) in [6.07, 6.45) is 0.981. The van der Waals surface area contributed by atoms with Crippen LogP contribution in [0.4, 0.5) is 5.69 Å². The zero-order valence-corrected chi connectivity index (χ0v) is 11.1. The van der Waals surface area contributed by atoms with Crippen LogP contribution < -0.4 is 10.4 Å². The van der Waals surface area contributed by atoms with Crippen LogP contribution in [0.1, 0.15) is 0 Å². The molecule has 2 aromatic rings. The van der Waals surface area contributed by atoms with E-state index in [1.54, 1.807) is 0 Å². The number of nitrogens with one attached hydrogen (secondary N) is 3. The molecule has 1 aromatic heterocycles. The molecule has 0 aliphatic rings. The molecule has 2 rings (SSSR count). The molecule has 1 heterocycles. The largest absolute Gasteiger partial charge is 0.323 e. The molecule has 0 spiro atoms. The highest BCUT2D eigenvalue weighted by Gasteiger charge is 2.12. The summed E-state index contributed by atoms with van der Waals surface area (Å²) in [5, 5.41) is 11.6. The van der Waals surface area contributed by atoms with Gasteiger partial charge in [0.25, 0.3) is 0 Å². The van der Waals surface area contributed by atoms with Crippen molar-refractivity contribution in [1.82, 2.24) is 9.97 Å². The third-order valence-corrected chi connectivity index (χ3v) is 3.30. The van der Waals surface area contributed by atoms with Crippen molar-refractivity contribution in [3.63, 3.8) is 0 Å². The molecule has 0 aliphatic heterocycles. The van der Waals surface area contributed by atoms with Gasteiger partial charge in [0.2, 0.25) is 10.0 Å². The second-order valence-corrected chi connectivity index (χ2v) is 6.06. The number of hydrogen-bond acceptors (Lipinski definition) is 7. The number of aromatic amines is 2.